The molecule has 0 saturated carbocycles. The molecular formula is C26H40. The zero-order valence-corrected chi connectivity index (χ0v) is 18.6. The molecule has 0 N–H and O–H groups in total. The Morgan fingerprint density at radius 1 is 1.19 bits per heavy atom. The minimum Gasteiger partial charge on any atom is -0.115 e. The Morgan fingerprint density at radius 2 is 1.77 bits per heavy atom. The van der Waals surface area contributed by atoms with Crippen molar-refractivity contribution in [1.29, 1.82) is 0 Å². The summed E-state index contributed by atoms with van der Waals surface area (Å²) in [5.74, 6) is 3.59. The molecule has 0 heterocycles. The van der Waals surface area contributed by atoms with Crippen LogP contribution in [0.2, 0.25) is 0 Å². The molecule has 1 unspecified atom stereocenters. The second-order valence-corrected chi connectivity index (χ2v) is 9.57. The normalized spacial score (nSPS) is 21.3. The van der Waals surface area contributed by atoms with Gasteiger partial charge in [0.25, 0.3) is 0 Å². The molecule has 1 aliphatic rings. The highest BCUT2D eigenvalue weighted by Gasteiger charge is 2.37. The summed E-state index contributed by atoms with van der Waals surface area (Å²) in [4.78, 5) is 0. The van der Waals surface area contributed by atoms with Crippen LogP contribution in [-0.2, 0) is 0 Å². The Bertz CT molecular complexity index is 653. The van der Waals surface area contributed by atoms with E-state index in [9.17, 15) is 0 Å². The fourth-order valence-corrected chi connectivity index (χ4v) is 3.62. The molecule has 0 nitrogen and oxygen atoms in total. The fourth-order valence-electron chi connectivity index (χ4n) is 3.62. The van der Waals surface area contributed by atoms with Crippen LogP contribution in [0.25, 0.3) is 0 Å². The first kappa shape index (κ1) is 22.6. The lowest BCUT2D eigenvalue weighted by molar-refractivity contribution is 0.275. The lowest BCUT2D eigenvalue weighted by atomic mass is 9.63. The lowest BCUT2D eigenvalue weighted by Gasteiger charge is -2.41. The van der Waals surface area contributed by atoms with Crippen LogP contribution in [0, 0.1) is 29.1 Å². The number of rotatable bonds is 7. The van der Waals surface area contributed by atoms with E-state index in [-0.39, 0.29) is 10.8 Å². The van der Waals surface area contributed by atoms with Gasteiger partial charge in [-0.1, -0.05) is 82.9 Å². The van der Waals surface area contributed by atoms with Gasteiger partial charge in [-0.25, -0.2) is 0 Å². The third-order valence-electron chi connectivity index (χ3n) is 6.16. The van der Waals surface area contributed by atoms with E-state index in [0.717, 1.165) is 25.7 Å². The first-order valence-electron chi connectivity index (χ1n) is 10.2. The van der Waals surface area contributed by atoms with Crippen LogP contribution in [0.5, 0.6) is 0 Å². The molecule has 26 heavy (non-hydrogen) atoms. The molecule has 0 aromatic heterocycles. The first-order valence-corrected chi connectivity index (χ1v) is 10.2. The van der Waals surface area contributed by atoms with E-state index < -0.39 is 0 Å². The van der Waals surface area contributed by atoms with Gasteiger partial charge < -0.3 is 0 Å². The van der Waals surface area contributed by atoms with Gasteiger partial charge in [-0.15, -0.1) is 6.42 Å². The minimum absolute atomic E-state index is 0.108. The van der Waals surface area contributed by atoms with Gasteiger partial charge >= 0.3 is 0 Å². The van der Waals surface area contributed by atoms with Gasteiger partial charge in [0.2, 0.25) is 0 Å². The summed E-state index contributed by atoms with van der Waals surface area (Å²) in [6.07, 6.45) is 16.3. The molecule has 0 amide bonds. The molecule has 0 aromatic rings. The molecular weight excluding hydrogens is 312 g/mol. The standard InChI is InChI=1S/C26H40/c1-11-22(17-20(5)13-14-21(6)19(3)4)18-24-23(12-2)25(7,8)15-16-26(24,9)10/h2,13,18,21H,3,11,14-17H2,1,4-10H3/b20-13+,22-18+. The van der Waals surface area contributed by atoms with Crippen molar-refractivity contribution in [2.75, 3.05) is 0 Å². The summed E-state index contributed by atoms with van der Waals surface area (Å²) in [5, 5.41) is 0. The molecule has 144 valence electrons. The highest BCUT2D eigenvalue weighted by Crippen LogP contribution is 2.49. The van der Waals surface area contributed by atoms with Crippen molar-refractivity contribution in [3.05, 3.63) is 46.6 Å². The van der Waals surface area contributed by atoms with E-state index in [1.165, 1.54) is 34.3 Å². The molecule has 0 aliphatic heterocycles. The summed E-state index contributed by atoms with van der Waals surface area (Å²) < 4.78 is 0. The predicted molar refractivity (Wildman–Crippen MR) is 118 cm³/mol. The van der Waals surface area contributed by atoms with Crippen LogP contribution in [0.3, 0.4) is 0 Å². The highest BCUT2D eigenvalue weighted by atomic mass is 14.4. The van der Waals surface area contributed by atoms with Crippen LogP contribution < -0.4 is 0 Å². The van der Waals surface area contributed by atoms with Crippen LogP contribution in [-0.4, -0.2) is 0 Å². The molecule has 1 aliphatic carbocycles. The largest absolute Gasteiger partial charge is 0.115 e. The molecule has 0 fully saturated rings. The second kappa shape index (κ2) is 8.94. The minimum atomic E-state index is 0.108. The molecule has 1 atom stereocenters. The Balaban J connectivity index is 3.16. The highest BCUT2D eigenvalue weighted by molar-refractivity contribution is 5.47. The van der Waals surface area contributed by atoms with Crippen molar-refractivity contribution >= 4 is 0 Å². The lowest BCUT2D eigenvalue weighted by Crippen LogP contribution is -2.30. The SMILES string of the molecule is C#CC1=C(/C=C(\CC)C/C(C)=C/CC(C)C(=C)C)C(C)(C)CCC1(C)C. The van der Waals surface area contributed by atoms with E-state index >= 15 is 0 Å². The first-order chi connectivity index (χ1) is 11.9. The molecule has 0 saturated heterocycles. The average molecular weight is 353 g/mol. The maximum Gasteiger partial charge on any atom is 0.0111 e. The van der Waals surface area contributed by atoms with E-state index in [2.05, 4.69) is 80.0 Å². The van der Waals surface area contributed by atoms with Gasteiger partial charge in [0.1, 0.15) is 0 Å². The molecule has 0 radical (unpaired) electrons. The van der Waals surface area contributed by atoms with E-state index in [4.69, 9.17) is 6.42 Å². The van der Waals surface area contributed by atoms with Crippen LogP contribution in [0.15, 0.2) is 46.6 Å². The zero-order valence-electron chi connectivity index (χ0n) is 18.6. The monoisotopic (exact) mass is 352 g/mol. The third-order valence-corrected chi connectivity index (χ3v) is 6.16. The summed E-state index contributed by atoms with van der Waals surface area (Å²) in [7, 11) is 0. The van der Waals surface area contributed by atoms with Crippen molar-refractivity contribution in [2.45, 2.75) is 87.5 Å². The van der Waals surface area contributed by atoms with Crippen molar-refractivity contribution in [3.63, 3.8) is 0 Å². The maximum atomic E-state index is 5.96. The third kappa shape index (κ3) is 5.77. The Kier molecular flexibility index (Phi) is 7.76. The quantitative estimate of drug-likeness (QED) is 0.321. The molecule has 0 heteroatoms. The molecule has 0 aromatic carbocycles. The molecule has 0 bridgehead atoms. The van der Waals surface area contributed by atoms with Crippen LogP contribution in [0.1, 0.15) is 87.5 Å². The van der Waals surface area contributed by atoms with Crippen molar-refractivity contribution in [2.24, 2.45) is 16.7 Å². The summed E-state index contributed by atoms with van der Waals surface area (Å²) in [6.45, 7) is 22.2. The van der Waals surface area contributed by atoms with Gasteiger partial charge in [0.05, 0.1) is 0 Å². The van der Waals surface area contributed by atoms with Crippen LogP contribution >= 0.6 is 0 Å². The Labute approximate surface area is 163 Å². The number of hydrogen-bond acceptors (Lipinski definition) is 0. The zero-order chi connectivity index (χ0) is 20.1. The smallest absolute Gasteiger partial charge is 0.0111 e. The fraction of sp³-hybridized carbons (Fsp3) is 0.615. The summed E-state index contributed by atoms with van der Waals surface area (Å²) in [6, 6.07) is 0. The van der Waals surface area contributed by atoms with Gasteiger partial charge in [-0.05, 0) is 68.3 Å². The topological polar surface area (TPSA) is 0 Å². The number of allylic oxidation sites excluding steroid dienone is 7. The Morgan fingerprint density at radius 3 is 2.27 bits per heavy atom. The van der Waals surface area contributed by atoms with Gasteiger partial charge in [0.15, 0.2) is 0 Å². The summed E-state index contributed by atoms with van der Waals surface area (Å²) >= 11 is 0. The number of hydrogen-bond donors (Lipinski definition) is 0. The summed E-state index contributed by atoms with van der Waals surface area (Å²) in [5.41, 5.74) is 7.04. The van der Waals surface area contributed by atoms with E-state index in [1.807, 2.05) is 0 Å². The number of terminal acetylenes is 1. The maximum absolute atomic E-state index is 5.96. The average Bonchev–Trinajstić information content (AvgIpc) is 2.55. The second-order valence-electron chi connectivity index (χ2n) is 9.57. The van der Waals surface area contributed by atoms with E-state index in [1.54, 1.807) is 0 Å². The van der Waals surface area contributed by atoms with Crippen molar-refractivity contribution < 1.29 is 0 Å². The Hall–Kier alpha value is -1.48. The molecule has 1 rings (SSSR count). The molecule has 0 spiro atoms. The predicted octanol–water partition coefficient (Wildman–Crippen LogP) is 8.04. The van der Waals surface area contributed by atoms with E-state index in [0.29, 0.717) is 5.92 Å². The van der Waals surface area contributed by atoms with Gasteiger partial charge in [-0.2, -0.15) is 0 Å². The van der Waals surface area contributed by atoms with Gasteiger partial charge in [-0.3, -0.25) is 0 Å². The van der Waals surface area contributed by atoms with Crippen LogP contribution in [0.4, 0.5) is 0 Å². The van der Waals surface area contributed by atoms with Crippen molar-refractivity contribution in [3.8, 4) is 12.3 Å². The van der Waals surface area contributed by atoms with Gasteiger partial charge in [0, 0.05) is 5.57 Å². The van der Waals surface area contributed by atoms with Crippen molar-refractivity contribution in [1.82, 2.24) is 0 Å².